The maximum Gasteiger partial charge on any atom is -0.00161 e. The summed E-state index contributed by atoms with van der Waals surface area (Å²) in [4.78, 5) is 2.65. The van der Waals surface area contributed by atoms with Gasteiger partial charge in [0.15, 0.2) is 0 Å². The molecular weight excluding hydrogens is 208 g/mol. The second-order valence-electron chi connectivity index (χ2n) is 6.52. The zero-order valence-corrected chi connectivity index (χ0v) is 12.2. The molecule has 0 saturated carbocycles. The molecule has 1 rings (SSSR count). The molecule has 0 spiro atoms. The molecule has 1 saturated heterocycles. The first-order chi connectivity index (χ1) is 8.07. The molecule has 0 aromatic carbocycles. The predicted octanol–water partition coefficient (Wildman–Crippen LogP) is 3.26. The molecule has 1 heterocycles. The van der Waals surface area contributed by atoms with Crippen molar-refractivity contribution in [3.63, 3.8) is 0 Å². The van der Waals surface area contributed by atoms with Crippen molar-refractivity contribution in [1.82, 2.24) is 4.90 Å². The number of rotatable bonds is 7. The van der Waals surface area contributed by atoms with Gasteiger partial charge in [0.05, 0.1) is 0 Å². The molecule has 0 aromatic heterocycles. The number of hydrogen-bond acceptors (Lipinski definition) is 2. The van der Waals surface area contributed by atoms with Gasteiger partial charge in [0, 0.05) is 0 Å². The van der Waals surface area contributed by atoms with Crippen molar-refractivity contribution in [2.24, 2.45) is 17.1 Å². The third-order valence-corrected chi connectivity index (χ3v) is 4.41. The maximum absolute atomic E-state index is 5.75. The van der Waals surface area contributed by atoms with E-state index in [9.17, 15) is 0 Å². The first-order valence-electron chi connectivity index (χ1n) is 7.50. The van der Waals surface area contributed by atoms with Crippen LogP contribution in [0.2, 0.25) is 0 Å². The summed E-state index contributed by atoms with van der Waals surface area (Å²) in [5.74, 6) is 1.00. The largest absolute Gasteiger partial charge is 0.330 e. The highest BCUT2D eigenvalue weighted by molar-refractivity contribution is 4.73. The predicted molar refractivity (Wildman–Crippen MR) is 76.1 cm³/mol. The van der Waals surface area contributed by atoms with Gasteiger partial charge in [0.25, 0.3) is 0 Å². The van der Waals surface area contributed by atoms with Crippen molar-refractivity contribution >= 4 is 0 Å². The molecule has 0 aromatic rings. The molecule has 2 nitrogen and oxygen atoms in total. The third kappa shape index (κ3) is 5.87. The van der Waals surface area contributed by atoms with Gasteiger partial charge in [-0.2, -0.15) is 0 Å². The van der Waals surface area contributed by atoms with Crippen LogP contribution in [-0.2, 0) is 0 Å². The van der Waals surface area contributed by atoms with Crippen LogP contribution < -0.4 is 5.73 Å². The van der Waals surface area contributed by atoms with Gasteiger partial charge in [-0.1, -0.05) is 33.6 Å². The van der Waals surface area contributed by atoms with E-state index in [-0.39, 0.29) is 0 Å². The third-order valence-electron chi connectivity index (χ3n) is 4.41. The summed E-state index contributed by atoms with van der Waals surface area (Å²) in [6.07, 6.45) is 8.17. The van der Waals surface area contributed by atoms with Crippen molar-refractivity contribution < 1.29 is 0 Å². The van der Waals surface area contributed by atoms with Crippen LogP contribution in [0.3, 0.4) is 0 Å². The highest BCUT2D eigenvalue weighted by Crippen LogP contribution is 2.23. The van der Waals surface area contributed by atoms with E-state index in [0.717, 1.165) is 12.5 Å². The lowest BCUT2D eigenvalue weighted by molar-refractivity contribution is 0.176. The molecule has 0 bridgehead atoms. The molecule has 2 heteroatoms. The Morgan fingerprint density at radius 1 is 1.18 bits per heavy atom. The van der Waals surface area contributed by atoms with Crippen LogP contribution >= 0.6 is 0 Å². The fraction of sp³-hybridized carbons (Fsp3) is 1.00. The Labute approximate surface area is 108 Å². The quantitative estimate of drug-likeness (QED) is 0.692. The zero-order chi connectivity index (χ0) is 12.7. The zero-order valence-electron chi connectivity index (χ0n) is 12.2. The van der Waals surface area contributed by atoms with Crippen LogP contribution in [0.15, 0.2) is 0 Å². The van der Waals surface area contributed by atoms with Gasteiger partial charge >= 0.3 is 0 Å². The van der Waals surface area contributed by atoms with Crippen molar-refractivity contribution in [2.75, 3.05) is 26.2 Å². The summed E-state index contributed by atoms with van der Waals surface area (Å²) in [7, 11) is 0. The van der Waals surface area contributed by atoms with Gasteiger partial charge in [-0.05, 0) is 63.2 Å². The van der Waals surface area contributed by atoms with Crippen LogP contribution in [0.4, 0.5) is 0 Å². The standard InChI is InChI=1S/C15H32N2/c1-4-14-7-11-17(12-8-14)10-6-5-9-15(2,3)13-16/h14H,4-13,16H2,1-3H3. The van der Waals surface area contributed by atoms with Gasteiger partial charge < -0.3 is 10.6 Å². The normalized spacial score (nSPS) is 19.8. The smallest absolute Gasteiger partial charge is 0.00161 e. The summed E-state index contributed by atoms with van der Waals surface area (Å²) >= 11 is 0. The lowest BCUT2D eigenvalue weighted by Crippen LogP contribution is -2.34. The molecule has 0 aliphatic carbocycles. The summed E-state index contributed by atoms with van der Waals surface area (Å²) in [6, 6.07) is 0. The SMILES string of the molecule is CCC1CCN(CCCCC(C)(C)CN)CC1. The monoisotopic (exact) mass is 240 g/mol. The van der Waals surface area contributed by atoms with Crippen molar-refractivity contribution in [2.45, 2.75) is 59.3 Å². The molecule has 2 N–H and O–H groups in total. The summed E-state index contributed by atoms with van der Waals surface area (Å²) < 4.78 is 0. The number of unbranched alkanes of at least 4 members (excludes halogenated alkanes) is 1. The number of likely N-dealkylation sites (tertiary alicyclic amines) is 1. The highest BCUT2D eigenvalue weighted by Gasteiger charge is 2.18. The van der Waals surface area contributed by atoms with Gasteiger partial charge in [-0.15, -0.1) is 0 Å². The lowest BCUT2D eigenvalue weighted by Gasteiger charge is -2.31. The van der Waals surface area contributed by atoms with Crippen molar-refractivity contribution in [3.8, 4) is 0 Å². The van der Waals surface area contributed by atoms with Gasteiger partial charge in [0.1, 0.15) is 0 Å². The van der Waals surface area contributed by atoms with Crippen molar-refractivity contribution in [1.29, 1.82) is 0 Å². The van der Waals surface area contributed by atoms with E-state index in [4.69, 9.17) is 5.73 Å². The number of hydrogen-bond donors (Lipinski definition) is 1. The lowest BCUT2D eigenvalue weighted by atomic mass is 9.87. The van der Waals surface area contributed by atoms with Crippen LogP contribution in [0.25, 0.3) is 0 Å². The summed E-state index contributed by atoms with van der Waals surface area (Å²) in [5, 5.41) is 0. The van der Waals surface area contributed by atoms with E-state index in [1.54, 1.807) is 0 Å². The minimum absolute atomic E-state index is 0.342. The molecule has 0 amide bonds. The molecule has 0 unspecified atom stereocenters. The Kier molecular flexibility index (Phi) is 6.50. The van der Waals surface area contributed by atoms with Crippen LogP contribution in [0.5, 0.6) is 0 Å². The molecule has 1 fully saturated rings. The van der Waals surface area contributed by atoms with Gasteiger partial charge in [-0.3, -0.25) is 0 Å². The Bertz CT molecular complexity index is 193. The molecule has 0 radical (unpaired) electrons. The van der Waals surface area contributed by atoms with E-state index in [0.29, 0.717) is 5.41 Å². The second-order valence-corrected chi connectivity index (χ2v) is 6.52. The topological polar surface area (TPSA) is 29.3 Å². The fourth-order valence-electron chi connectivity index (χ4n) is 2.66. The highest BCUT2D eigenvalue weighted by atomic mass is 15.1. The first-order valence-corrected chi connectivity index (χ1v) is 7.50. The van der Waals surface area contributed by atoms with Crippen LogP contribution in [0, 0.1) is 11.3 Å². The van der Waals surface area contributed by atoms with Crippen molar-refractivity contribution in [3.05, 3.63) is 0 Å². The van der Waals surface area contributed by atoms with Crippen LogP contribution in [-0.4, -0.2) is 31.1 Å². The number of piperidine rings is 1. The average molecular weight is 240 g/mol. The van der Waals surface area contributed by atoms with E-state index in [1.807, 2.05) is 0 Å². The average Bonchev–Trinajstić information content (AvgIpc) is 2.35. The van der Waals surface area contributed by atoms with E-state index >= 15 is 0 Å². The molecule has 0 atom stereocenters. The van der Waals surface area contributed by atoms with Crippen LogP contribution in [0.1, 0.15) is 59.3 Å². The molecule has 102 valence electrons. The Morgan fingerprint density at radius 3 is 2.35 bits per heavy atom. The number of nitrogens with two attached hydrogens (primary N) is 1. The summed E-state index contributed by atoms with van der Waals surface area (Å²) in [6.45, 7) is 11.7. The Morgan fingerprint density at radius 2 is 1.82 bits per heavy atom. The minimum atomic E-state index is 0.342. The molecule has 17 heavy (non-hydrogen) atoms. The van der Waals surface area contributed by atoms with E-state index in [1.165, 1.54) is 58.2 Å². The maximum atomic E-state index is 5.75. The van der Waals surface area contributed by atoms with Gasteiger partial charge in [-0.25, -0.2) is 0 Å². The molecular formula is C15H32N2. The van der Waals surface area contributed by atoms with Gasteiger partial charge in [0.2, 0.25) is 0 Å². The molecule has 1 aliphatic rings. The Balaban J connectivity index is 2.04. The second kappa shape index (κ2) is 7.38. The van der Waals surface area contributed by atoms with E-state index in [2.05, 4.69) is 25.7 Å². The minimum Gasteiger partial charge on any atom is -0.330 e. The first kappa shape index (κ1) is 15.0. The number of nitrogens with zero attached hydrogens (tertiary/aromatic N) is 1. The summed E-state index contributed by atoms with van der Waals surface area (Å²) in [5.41, 5.74) is 6.09. The molecule has 1 aliphatic heterocycles. The Hall–Kier alpha value is -0.0800. The van der Waals surface area contributed by atoms with E-state index < -0.39 is 0 Å². The fourth-order valence-corrected chi connectivity index (χ4v) is 2.66.